The first kappa shape index (κ1) is 10.7. The van der Waals surface area contributed by atoms with Gasteiger partial charge in [0.15, 0.2) is 0 Å². The van der Waals surface area contributed by atoms with Crippen LogP contribution in [0.15, 0.2) is 12.2 Å². The van der Waals surface area contributed by atoms with Crippen molar-refractivity contribution in [1.82, 2.24) is 0 Å². The smallest absolute Gasteiger partial charge is 0.310 e. The summed E-state index contributed by atoms with van der Waals surface area (Å²) in [6.07, 6.45) is 5.07. The molecule has 0 spiro atoms. The standard InChI is InChI=1S/C12H18O3/c1-3-10-8-5-4-7(2)9(6-13)11(8)12(14)15-10/h4-5,7-11,13H,3,6H2,1-2H3/t7-,8-,9-,10+,11+/m1/s1. The van der Waals surface area contributed by atoms with Gasteiger partial charge in [0.2, 0.25) is 0 Å². The topological polar surface area (TPSA) is 46.5 Å². The van der Waals surface area contributed by atoms with Crippen LogP contribution in [0, 0.1) is 23.7 Å². The van der Waals surface area contributed by atoms with Crippen LogP contribution in [0.1, 0.15) is 20.3 Å². The number of rotatable bonds is 2. The lowest BCUT2D eigenvalue weighted by molar-refractivity contribution is -0.146. The second kappa shape index (κ2) is 3.97. The maximum absolute atomic E-state index is 11.7. The molecule has 2 aliphatic rings. The van der Waals surface area contributed by atoms with Crippen LogP contribution in [0.25, 0.3) is 0 Å². The van der Waals surface area contributed by atoms with E-state index in [9.17, 15) is 9.90 Å². The van der Waals surface area contributed by atoms with E-state index in [0.717, 1.165) is 6.42 Å². The summed E-state index contributed by atoms with van der Waals surface area (Å²) in [4.78, 5) is 11.7. The predicted octanol–water partition coefficient (Wildman–Crippen LogP) is 1.37. The largest absolute Gasteiger partial charge is 0.461 e. The molecule has 3 heteroatoms. The van der Waals surface area contributed by atoms with Crippen molar-refractivity contribution in [3.05, 3.63) is 12.2 Å². The fourth-order valence-electron chi connectivity index (χ4n) is 2.81. The van der Waals surface area contributed by atoms with E-state index in [2.05, 4.69) is 12.2 Å². The Bertz CT molecular complexity index is 285. The molecule has 5 atom stereocenters. The molecule has 0 aromatic rings. The zero-order chi connectivity index (χ0) is 11.0. The summed E-state index contributed by atoms with van der Waals surface area (Å²) in [6, 6.07) is 0. The number of hydrogen-bond acceptors (Lipinski definition) is 3. The van der Waals surface area contributed by atoms with Gasteiger partial charge in [-0.05, 0) is 12.3 Å². The zero-order valence-electron chi connectivity index (χ0n) is 9.22. The Morgan fingerprint density at radius 3 is 2.80 bits per heavy atom. The van der Waals surface area contributed by atoms with Crippen LogP contribution in [-0.2, 0) is 9.53 Å². The molecule has 1 heterocycles. The van der Waals surface area contributed by atoms with Crippen LogP contribution in [0.2, 0.25) is 0 Å². The van der Waals surface area contributed by atoms with Crippen molar-refractivity contribution < 1.29 is 14.6 Å². The first-order valence-corrected chi connectivity index (χ1v) is 5.68. The van der Waals surface area contributed by atoms with Gasteiger partial charge < -0.3 is 9.84 Å². The summed E-state index contributed by atoms with van der Waals surface area (Å²) in [5.41, 5.74) is 0. The zero-order valence-corrected chi connectivity index (χ0v) is 9.22. The van der Waals surface area contributed by atoms with Crippen LogP contribution in [0.4, 0.5) is 0 Å². The van der Waals surface area contributed by atoms with Gasteiger partial charge in [-0.25, -0.2) is 0 Å². The Kier molecular flexibility index (Phi) is 2.83. The van der Waals surface area contributed by atoms with Crippen molar-refractivity contribution in [2.75, 3.05) is 6.61 Å². The molecule has 1 saturated heterocycles. The molecule has 0 saturated carbocycles. The van der Waals surface area contributed by atoms with Gasteiger partial charge in [-0.15, -0.1) is 0 Å². The molecule has 0 amide bonds. The fraction of sp³-hybridized carbons (Fsp3) is 0.750. The Balaban J connectivity index is 2.27. The number of aliphatic hydroxyl groups is 1. The first-order chi connectivity index (χ1) is 7.19. The molecule has 0 radical (unpaired) electrons. The number of carbonyl (C=O) groups excluding carboxylic acids is 1. The number of ether oxygens (including phenoxy) is 1. The number of esters is 1. The second-order valence-corrected chi connectivity index (χ2v) is 4.58. The highest BCUT2D eigenvalue weighted by Gasteiger charge is 2.49. The SMILES string of the molecule is CC[C@@H]1OC(=O)[C@H]2[C@@H]1C=C[C@@H](C)[C@H]2CO. The van der Waals surface area contributed by atoms with Gasteiger partial charge in [0, 0.05) is 18.4 Å². The average molecular weight is 210 g/mol. The third-order valence-corrected chi connectivity index (χ3v) is 3.77. The molecule has 0 aromatic carbocycles. The highest BCUT2D eigenvalue weighted by Crippen LogP contribution is 2.42. The van der Waals surface area contributed by atoms with E-state index in [1.165, 1.54) is 0 Å². The Labute approximate surface area is 90.1 Å². The molecule has 0 bridgehead atoms. The van der Waals surface area contributed by atoms with E-state index in [1.807, 2.05) is 13.8 Å². The Hall–Kier alpha value is -0.830. The quantitative estimate of drug-likeness (QED) is 0.553. The van der Waals surface area contributed by atoms with Gasteiger partial charge >= 0.3 is 5.97 Å². The minimum atomic E-state index is -0.125. The molecule has 1 aliphatic carbocycles. The normalized spacial score (nSPS) is 43.9. The average Bonchev–Trinajstić information content (AvgIpc) is 2.56. The second-order valence-electron chi connectivity index (χ2n) is 4.58. The van der Waals surface area contributed by atoms with Crippen LogP contribution >= 0.6 is 0 Å². The summed E-state index contributed by atoms with van der Waals surface area (Å²) in [6.45, 7) is 4.14. The van der Waals surface area contributed by atoms with Gasteiger partial charge in [-0.1, -0.05) is 26.0 Å². The minimum Gasteiger partial charge on any atom is -0.461 e. The van der Waals surface area contributed by atoms with Crippen molar-refractivity contribution in [2.45, 2.75) is 26.4 Å². The molecule has 15 heavy (non-hydrogen) atoms. The highest BCUT2D eigenvalue weighted by molar-refractivity contribution is 5.76. The fourth-order valence-corrected chi connectivity index (χ4v) is 2.81. The van der Waals surface area contributed by atoms with E-state index in [4.69, 9.17) is 4.74 Å². The number of fused-ring (bicyclic) bond motifs is 1. The van der Waals surface area contributed by atoms with Crippen LogP contribution in [0.5, 0.6) is 0 Å². The highest BCUT2D eigenvalue weighted by atomic mass is 16.6. The van der Waals surface area contributed by atoms with E-state index in [1.54, 1.807) is 0 Å². The van der Waals surface area contributed by atoms with Crippen LogP contribution in [-0.4, -0.2) is 23.8 Å². The summed E-state index contributed by atoms with van der Waals surface area (Å²) in [5.74, 6) is 0.223. The predicted molar refractivity (Wildman–Crippen MR) is 56.0 cm³/mol. The molecule has 0 aromatic heterocycles. The van der Waals surface area contributed by atoms with Crippen molar-refractivity contribution in [1.29, 1.82) is 0 Å². The number of allylic oxidation sites excluding steroid dienone is 1. The lowest BCUT2D eigenvalue weighted by atomic mass is 9.71. The van der Waals surface area contributed by atoms with Crippen molar-refractivity contribution in [2.24, 2.45) is 23.7 Å². The molecular formula is C12H18O3. The molecular weight excluding hydrogens is 192 g/mol. The van der Waals surface area contributed by atoms with Crippen molar-refractivity contribution in [3.63, 3.8) is 0 Å². The van der Waals surface area contributed by atoms with E-state index >= 15 is 0 Å². The van der Waals surface area contributed by atoms with Gasteiger partial charge in [0.05, 0.1) is 5.92 Å². The summed E-state index contributed by atoms with van der Waals surface area (Å²) in [7, 11) is 0. The minimum absolute atomic E-state index is 0.0142. The van der Waals surface area contributed by atoms with Gasteiger partial charge in [-0.2, -0.15) is 0 Å². The summed E-state index contributed by atoms with van der Waals surface area (Å²) in [5, 5.41) is 9.34. The first-order valence-electron chi connectivity index (χ1n) is 5.68. The van der Waals surface area contributed by atoms with E-state index in [-0.39, 0.29) is 42.4 Å². The van der Waals surface area contributed by atoms with Gasteiger partial charge in [-0.3, -0.25) is 4.79 Å². The lowest BCUT2D eigenvalue weighted by Crippen LogP contribution is -2.35. The van der Waals surface area contributed by atoms with E-state index < -0.39 is 0 Å². The molecule has 2 rings (SSSR count). The van der Waals surface area contributed by atoms with Crippen molar-refractivity contribution in [3.8, 4) is 0 Å². The Morgan fingerprint density at radius 1 is 1.47 bits per heavy atom. The van der Waals surface area contributed by atoms with Gasteiger partial charge in [0.1, 0.15) is 6.10 Å². The number of carbonyl (C=O) groups is 1. The Morgan fingerprint density at radius 2 is 2.20 bits per heavy atom. The number of cyclic esters (lactones) is 1. The molecule has 1 aliphatic heterocycles. The molecule has 1 N–H and O–H groups in total. The molecule has 0 unspecified atom stereocenters. The maximum atomic E-state index is 11.7. The van der Waals surface area contributed by atoms with Crippen LogP contribution in [0.3, 0.4) is 0 Å². The maximum Gasteiger partial charge on any atom is 0.310 e. The third-order valence-electron chi connectivity index (χ3n) is 3.77. The summed E-state index contributed by atoms with van der Waals surface area (Å²) >= 11 is 0. The monoisotopic (exact) mass is 210 g/mol. The molecule has 1 fully saturated rings. The van der Waals surface area contributed by atoms with Crippen molar-refractivity contribution >= 4 is 5.97 Å². The molecule has 3 nitrogen and oxygen atoms in total. The van der Waals surface area contributed by atoms with E-state index in [0.29, 0.717) is 0 Å². The summed E-state index contributed by atoms with van der Waals surface area (Å²) < 4.78 is 5.34. The third kappa shape index (κ3) is 1.59. The number of hydrogen-bond donors (Lipinski definition) is 1. The number of aliphatic hydroxyl groups excluding tert-OH is 1. The van der Waals surface area contributed by atoms with Crippen LogP contribution < -0.4 is 0 Å². The molecule has 84 valence electrons. The lowest BCUT2D eigenvalue weighted by Gasteiger charge is -2.31. The van der Waals surface area contributed by atoms with Gasteiger partial charge in [0.25, 0.3) is 0 Å².